The predicted octanol–water partition coefficient (Wildman–Crippen LogP) is 6.37. The third kappa shape index (κ3) is 6.34. The fraction of sp³-hybridized carbons (Fsp3) is 0.344. The second-order valence-electron chi connectivity index (χ2n) is 10.6. The van der Waals surface area contributed by atoms with Crippen LogP contribution in [0.15, 0.2) is 60.7 Å². The van der Waals surface area contributed by atoms with E-state index < -0.39 is 24.2 Å². The molecule has 0 aromatic heterocycles. The molecule has 1 N–H and O–H groups in total. The van der Waals surface area contributed by atoms with Gasteiger partial charge in [-0.2, -0.15) is 0 Å². The molecule has 0 heterocycles. The fourth-order valence-electron chi connectivity index (χ4n) is 4.23. The van der Waals surface area contributed by atoms with E-state index in [2.05, 4.69) is 19.7 Å². The third-order valence-electron chi connectivity index (χ3n) is 6.67. The summed E-state index contributed by atoms with van der Waals surface area (Å²) in [5.41, 5.74) is 3.19. The lowest BCUT2D eigenvalue weighted by atomic mass is 9.72. The van der Waals surface area contributed by atoms with Gasteiger partial charge in [-0.15, -0.1) is 0 Å². The first-order valence-electron chi connectivity index (χ1n) is 13.0. The van der Waals surface area contributed by atoms with Crippen molar-refractivity contribution >= 4 is 17.9 Å². The van der Waals surface area contributed by atoms with Gasteiger partial charge in [-0.1, -0.05) is 47.4 Å². The first-order chi connectivity index (χ1) is 18.6. The molecule has 0 saturated carbocycles. The van der Waals surface area contributed by atoms with Gasteiger partial charge >= 0.3 is 17.9 Å². The molecule has 0 bridgehead atoms. The Hall–Kier alpha value is -4.17. The van der Waals surface area contributed by atoms with Crippen molar-refractivity contribution in [1.82, 2.24) is 0 Å². The van der Waals surface area contributed by atoms with Gasteiger partial charge in [0.1, 0.15) is 23.0 Å². The van der Waals surface area contributed by atoms with Gasteiger partial charge in [0.2, 0.25) is 0 Å². The molecule has 212 valence electrons. The number of benzene rings is 2. The number of ether oxygens (including phenoxy) is 4. The minimum Gasteiger partial charge on any atom is -0.464 e. The van der Waals surface area contributed by atoms with Gasteiger partial charge in [0.15, 0.2) is 6.29 Å². The number of hydrogen-bond acceptors (Lipinski definition) is 8. The highest BCUT2D eigenvalue weighted by Crippen LogP contribution is 2.55. The van der Waals surface area contributed by atoms with Crippen LogP contribution < -0.4 is 18.9 Å². The summed E-state index contributed by atoms with van der Waals surface area (Å²) in [7, 11) is 0. The maximum atomic E-state index is 12.6. The molecule has 0 fully saturated rings. The summed E-state index contributed by atoms with van der Waals surface area (Å²) in [5, 5.41) is 10.6. The summed E-state index contributed by atoms with van der Waals surface area (Å²) in [6.45, 7) is 23.1. The highest BCUT2D eigenvalue weighted by Gasteiger charge is 2.36. The summed E-state index contributed by atoms with van der Waals surface area (Å²) < 4.78 is 22.8. The second kappa shape index (κ2) is 11.9. The standard InChI is InChI=1S/C32H36O8/c1-15(2)29(33)37-21-11-23-24-12-22(38-30(34)16(3)4)14-26(40-32(36)18(7)8)28(24)20(10)19(9)27(23)25(13-21)39-31(35)17(5)6/h11-14,18-20,32,36H,1,3,5H2,2,4,6-10H3. The van der Waals surface area contributed by atoms with Crippen LogP contribution in [0.4, 0.5) is 0 Å². The molecular formula is C32H36O8. The molecule has 40 heavy (non-hydrogen) atoms. The van der Waals surface area contributed by atoms with Gasteiger partial charge in [-0.25, -0.2) is 14.4 Å². The van der Waals surface area contributed by atoms with Crippen LogP contribution in [0, 0.1) is 5.92 Å². The molecule has 2 aromatic rings. The predicted molar refractivity (Wildman–Crippen MR) is 152 cm³/mol. The molecule has 3 unspecified atom stereocenters. The van der Waals surface area contributed by atoms with E-state index in [1.54, 1.807) is 18.2 Å². The quantitative estimate of drug-likeness (QED) is 0.167. The molecule has 0 spiro atoms. The van der Waals surface area contributed by atoms with Gasteiger partial charge in [-0.3, -0.25) is 0 Å². The fourth-order valence-corrected chi connectivity index (χ4v) is 4.23. The number of hydrogen-bond donors (Lipinski definition) is 1. The zero-order chi connectivity index (χ0) is 30.0. The maximum absolute atomic E-state index is 12.6. The molecule has 1 aliphatic rings. The second-order valence-corrected chi connectivity index (χ2v) is 10.6. The number of esters is 3. The number of fused-ring (bicyclic) bond motifs is 3. The smallest absolute Gasteiger partial charge is 0.338 e. The Morgan fingerprint density at radius 3 is 1.48 bits per heavy atom. The molecule has 0 aliphatic heterocycles. The summed E-state index contributed by atoms with van der Waals surface area (Å²) in [6, 6.07) is 6.37. The average molecular weight is 549 g/mol. The van der Waals surface area contributed by atoms with Gasteiger partial charge in [0.05, 0.1) is 0 Å². The Morgan fingerprint density at radius 1 is 0.700 bits per heavy atom. The van der Waals surface area contributed by atoms with Crippen molar-refractivity contribution in [3.8, 4) is 34.1 Å². The Bertz CT molecular complexity index is 1410. The molecule has 0 amide bonds. The van der Waals surface area contributed by atoms with Crippen LogP contribution in [0.5, 0.6) is 23.0 Å². The van der Waals surface area contributed by atoms with Gasteiger partial charge in [-0.05, 0) is 55.9 Å². The number of aliphatic hydroxyl groups excluding tert-OH is 1. The van der Waals surface area contributed by atoms with E-state index in [1.165, 1.54) is 26.8 Å². The minimum atomic E-state index is -1.13. The molecular weight excluding hydrogens is 512 g/mol. The Balaban J connectivity index is 2.36. The average Bonchev–Trinajstić information content (AvgIpc) is 2.86. The SMILES string of the molecule is C=C(C)C(=O)Oc1cc(OC(=O)C(=C)C)c2c(c1)-c1cc(OC(=O)C(=C)C)cc(OC(O)C(C)C)c1C(C)C2C. The summed E-state index contributed by atoms with van der Waals surface area (Å²) >= 11 is 0. The number of carbonyl (C=O) groups is 3. The van der Waals surface area contributed by atoms with Crippen molar-refractivity contribution in [3.63, 3.8) is 0 Å². The van der Waals surface area contributed by atoms with E-state index in [0.29, 0.717) is 22.4 Å². The topological polar surface area (TPSA) is 108 Å². The van der Waals surface area contributed by atoms with Crippen LogP contribution in [0.25, 0.3) is 11.1 Å². The zero-order valence-corrected chi connectivity index (χ0v) is 24.0. The monoisotopic (exact) mass is 548 g/mol. The van der Waals surface area contributed by atoms with E-state index >= 15 is 0 Å². The molecule has 0 radical (unpaired) electrons. The molecule has 3 atom stereocenters. The van der Waals surface area contributed by atoms with Gasteiger partial charge < -0.3 is 24.1 Å². The minimum absolute atomic E-state index is 0.123. The van der Waals surface area contributed by atoms with E-state index in [0.717, 1.165) is 5.56 Å². The molecule has 3 rings (SSSR count). The molecule has 0 saturated heterocycles. The summed E-state index contributed by atoms with van der Waals surface area (Å²) in [5.74, 6) is -1.71. The lowest BCUT2D eigenvalue weighted by Crippen LogP contribution is -2.24. The number of carbonyl (C=O) groups excluding carboxylic acids is 3. The van der Waals surface area contributed by atoms with E-state index in [1.807, 2.05) is 27.7 Å². The van der Waals surface area contributed by atoms with Crippen molar-refractivity contribution in [1.29, 1.82) is 0 Å². The molecule has 2 aromatic carbocycles. The molecule has 1 aliphatic carbocycles. The van der Waals surface area contributed by atoms with Crippen LogP contribution >= 0.6 is 0 Å². The lowest BCUT2D eigenvalue weighted by molar-refractivity contribution is -0.131. The van der Waals surface area contributed by atoms with Crippen LogP contribution in [-0.2, 0) is 14.4 Å². The Morgan fingerprint density at radius 2 is 1.07 bits per heavy atom. The Kier molecular flexibility index (Phi) is 9.05. The van der Waals surface area contributed by atoms with Crippen molar-refractivity contribution in [2.75, 3.05) is 0 Å². The first-order valence-corrected chi connectivity index (χ1v) is 13.0. The van der Waals surface area contributed by atoms with Crippen LogP contribution in [-0.4, -0.2) is 29.3 Å². The van der Waals surface area contributed by atoms with Crippen molar-refractivity contribution in [2.45, 2.75) is 66.6 Å². The summed E-state index contributed by atoms with van der Waals surface area (Å²) in [4.78, 5) is 37.4. The van der Waals surface area contributed by atoms with E-state index in [-0.39, 0.29) is 51.7 Å². The van der Waals surface area contributed by atoms with Crippen molar-refractivity contribution in [2.24, 2.45) is 5.92 Å². The van der Waals surface area contributed by atoms with Gasteiger partial charge in [0.25, 0.3) is 0 Å². The highest BCUT2D eigenvalue weighted by molar-refractivity contribution is 5.92. The van der Waals surface area contributed by atoms with E-state index in [4.69, 9.17) is 18.9 Å². The number of aliphatic hydroxyl groups is 1. The Labute approximate surface area is 234 Å². The molecule has 8 nitrogen and oxygen atoms in total. The van der Waals surface area contributed by atoms with Gasteiger partial charge in [0, 0.05) is 45.9 Å². The number of rotatable bonds is 9. The van der Waals surface area contributed by atoms with Crippen molar-refractivity contribution < 1.29 is 38.4 Å². The normalized spacial score (nSPS) is 16.2. The highest BCUT2D eigenvalue weighted by atomic mass is 16.6. The van der Waals surface area contributed by atoms with Crippen molar-refractivity contribution in [3.05, 3.63) is 71.8 Å². The first kappa shape index (κ1) is 30.4. The zero-order valence-electron chi connectivity index (χ0n) is 24.0. The lowest BCUT2D eigenvalue weighted by Gasteiger charge is -2.35. The molecule has 8 heteroatoms. The summed E-state index contributed by atoms with van der Waals surface area (Å²) in [6.07, 6.45) is -1.13. The maximum Gasteiger partial charge on any atom is 0.338 e. The third-order valence-corrected chi connectivity index (χ3v) is 6.67. The van der Waals surface area contributed by atoms with E-state index in [9.17, 15) is 19.5 Å². The van der Waals surface area contributed by atoms with Crippen LogP contribution in [0.3, 0.4) is 0 Å². The van der Waals surface area contributed by atoms with Crippen LogP contribution in [0.2, 0.25) is 0 Å². The van der Waals surface area contributed by atoms with Crippen LogP contribution in [0.1, 0.15) is 71.4 Å². The largest absolute Gasteiger partial charge is 0.464 e.